The van der Waals surface area contributed by atoms with Crippen molar-refractivity contribution in [1.29, 1.82) is 0 Å². The number of aliphatic hydroxyl groups excluding tert-OH is 2. The average molecular weight is 425 g/mol. The quantitative estimate of drug-likeness (QED) is 0.615. The van der Waals surface area contributed by atoms with E-state index in [0.29, 0.717) is 41.3 Å². The predicted molar refractivity (Wildman–Crippen MR) is 106 cm³/mol. The Morgan fingerprint density at radius 1 is 1.20 bits per heavy atom. The van der Waals surface area contributed by atoms with Gasteiger partial charge in [-0.3, -0.25) is 4.98 Å². The van der Waals surface area contributed by atoms with Crippen LogP contribution in [0.2, 0.25) is 0 Å². The Hall–Kier alpha value is -1.99. The lowest BCUT2D eigenvalue weighted by Crippen LogP contribution is -2.29. The van der Waals surface area contributed by atoms with Gasteiger partial charge in [-0.1, -0.05) is 33.8 Å². The molecule has 0 bridgehead atoms. The maximum Gasteiger partial charge on any atom is 0.419 e. The second kappa shape index (κ2) is 7.61. The van der Waals surface area contributed by atoms with E-state index in [1.807, 2.05) is 13.8 Å². The van der Waals surface area contributed by atoms with Gasteiger partial charge < -0.3 is 10.2 Å². The number of aromatic nitrogens is 1. The first-order valence-corrected chi connectivity index (χ1v) is 9.99. The van der Waals surface area contributed by atoms with Gasteiger partial charge in [0.1, 0.15) is 11.9 Å². The fourth-order valence-corrected chi connectivity index (χ4v) is 4.43. The second-order valence-corrected chi connectivity index (χ2v) is 9.25. The maximum absolute atomic E-state index is 14.1. The van der Waals surface area contributed by atoms with E-state index < -0.39 is 29.8 Å². The maximum atomic E-state index is 14.1. The molecule has 1 aliphatic carbocycles. The average Bonchev–Trinajstić information content (AvgIpc) is 2.57. The summed E-state index contributed by atoms with van der Waals surface area (Å²) in [7, 11) is 0. The Bertz CT molecular complexity index is 967. The SMILES string of the molecule is Cc1c2c(nc(C(C)C)c1[C@@H](O)c1ccc(C(F)(F)F)c(F)c1)CC(C)(C)CC2O. The lowest BCUT2D eigenvalue weighted by molar-refractivity contribution is -0.140. The third kappa shape index (κ3) is 4.10. The monoisotopic (exact) mass is 425 g/mol. The highest BCUT2D eigenvalue weighted by Gasteiger charge is 2.37. The summed E-state index contributed by atoms with van der Waals surface area (Å²) in [6.45, 7) is 9.69. The predicted octanol–water partition coefficient (Wildman–Crippen LogP) is 5.76. The normalized spacial score (nSPS) is 19.7. The third-order valence-corrected chi connectivity index (χ3v) is 5.81. The number of benzene rings is 1. The van der Waals surface area contributed by atoms with Crippen molar-refractivity contribution in [3.63, 3.8) is 0 Å². The van der Waals surface area contributed by atoms with Gasteiger partial charge in [0.15, 0.2) is 0 Å². The van der Waals surface area contributed by atoms with Gasteiger partial charge in [0.25, 0.3) is 0 Å². The molecule has 1 aliphatic rings. The highest BCUT2D eigenvalue weighted by atomic mass is 19.4. The molecule has 0 aliphatic heterocycles. The van der Waals surface area contributed by atoms with Gasteiger partial charge in [0, 0.05) is 22.5 Å². The van der Waals surface area contributed by atoms with Gasteiger partial charge in [0.2, 0.25) is 0 Å². The van der Waals surface area contributed by atoms with E-state index in [1.54, 1.807) is 6.92 Å². The number of hydrogen-bond acceptors (Lipinski definition) is 3. The lowest BCUT2D eigenvalue weighted by Gasteiger charge is -2.36. The molecule has 1 unspecified atom stereocenters. The summed E-state index contributed by atoms with van der Waals surface area (Å²) in [4.78, 5) is 4.75. The summed E-state index contributed by atoms with van der Waals surface area (Å²) in [6, 6.07) is 2.44. The molecule has 0 radical (unpaired) electrons. The number of fused-ring (bicyclic) bond motifs is 1. The second-order valence-electron chi connectivity index (χ2n) is 9.25. The number of alkyl halides is 3. The van der Waals surface area contributed by atoms with Crippen LogP contribution in [-0.4, -0.2) is 15.2 Å². The minimum Gasteiger partial charge on any atom is -0.388 e. The molecule has 0 fully saturated rings. The Morgan fingerprint density at radius 2 is 1.83 bits per heavy atom. The standard InChI is InChI=1S/C23H27F4NO2/c1-11(2)20-19(12(3)18-16(28-20)9-22(4,5)10-17(18)29)21(30)13-6-7-14(15(24)8-13)23(25,26)27/h6-8,11,17,21,29-30H,9-10H2,1-5H3/t17?,21-/m0/s1. The number of aliphatic hydroxyl groups is 2. The van der Waals surface area contributed by atoms with Gasteiger partial charge >= 0.3 is 6.18 Å². The number of nitrogens with zero attached hydrogens (tertiary/aromatic N) is 1. The van der Waals surface area contributed by atoms with Gasteiger partial charge in [-0.05, 0) is 54.4 Å². The van der Waals surface area contributed by atoms with Crippen molar-refractivity contribution in [3.8, 4) is 0 Å². The molecule has 0 saturated carbocycles. The van der Waals surface area contributed by atoms with Gasteiger partial charge in [-0.15, -0.1) is 0 Å². The molecule has 7 heteroatoms. The summed E-state index contributed by atoms with van der Waals surface area (Å²) < 4.78 is 52.8. The van der Waals surface area contributed by atoms with Crippen LogP contribution in [0.25, 0.3) is 0 Å². The molecule has 2 atom stereocenters. The van der Waals surface area contributed by atoms with Crippen LogP contribution in [-0.2, 0) is 12.6 Å². The van der Waals surface area contributed by atoms with E-state index in [1.165, 1.54) is 0 Å². The summed E-state index contributed by atoms with van der Waals surface area (Å²) in [5, 5.41) is 21.8. The minimum atomic E-state index is -4.81. The van der Waals surface area contributed by atoms with E-state index in [0.717, 1.165) is 17.8 Å². The largest absolute Gasteiger partial charge is 0.419 e. The van der Waals surface area contributed by atoms with Crippen LogP contribution >= 0.6 is 0 Å². The van der Waals surface area contributed by atoms with E-state index in [-0.39, 0.29) is 16.9 Å². The van der Waals surface area contributed by atoms with Crippen LogP contribution < -0.4 is 0 Å². The molecule has 0 amide bonds. The Labute approximate surface area is 173 Å². The number of halogens is 4. The third-order valence-electron chi connectivity index (χ3n) is 5.81. The smallest absolute Gasteiger partial charge is 0.388 e. The van der Waals surface area contributed by atoms with Crippen molar-refractivity contribution in [1.82, 2.24) is 4.98 Å². The fourth-order valence-electron chi connectivity index (χ4n) is 4.43. The Morgan fingerprint density at radius 3 is 2.37 bits per heavy atom. The van der Waals surface area contributed by atoms with Crippen molar-refractivity contribution >= 4 is 0 Å². The van der Waals surface area contributed by atoms with Crippen LogP contribution in [0.4, 0.5) is 17.6 Å². The summed E-state index contributed by atoms with van der Waals surface area (Å²) in [6.07, 6.45) is -5.72. The molecular weight excluding hydrogens is 398 g/mol. The first-order chi connectivity index (χ1) is 13.7. The first-order valence-electron chi connectivity index (χ1n) is 9.99. The molecule has 1 aromatic carbocycles. The van der Waals surface area contributed by atoms with E-state index in [9.17, 15) is 27.8 Å². The molecule has 2 N–H and O–H groups in total. The molecular formula is C23H27F4NO2. The fraction of sp³-hybridized carbons (Fsp3) is 0.522. The van der Waals surface area contributed by atoms with Crippen molar-refractivity contribution in [2.75, 3.05) is 0 Å². The zero-order valence-electron chi connectivity index (χ0n) is 17.7. The van der Waals surface area contributed by atoms with Crippen LogP contribution in [0.1, 0.15) is 91.4 Å². The van der Waals surface area contributed by atoms with Crippen molar-refractivity contribution in [3.05, 3.63) is 63.2 Å². The summed E-state index contributed by atoms with van der Waals surface area (Å²) in [5.41, 5.74) is 1.61. The topological polar surface area (TPSA) is 53.4 Å². The van der Waals surface area contributed by atoms with E-state index in [2.05, 4.69) is 13.8 Å². The van der Waals surface area contributed by atoms with E-state index in [4.69, 9.17) is 4.98 Å². The molecule has 30 heavy (non-hydrogen) atoms. The first kappa shape index (κ1) is 22.7. The zero-order chi connectivity index (χ0) is 22.6. The van der Waals surface area contributed by atoms with Gasteiger partial charge in [-0.25, -0.2) is 4.39 Å². The number of hydrogen-bond donors (Lipinski definition) is 2. The van der Waals surface area contributed by atoms with Crippen molar-refractivity contribution < 1.29 is 27.8 Å². The molecule has 3 nitrogen and oxygen atoms in total. The van der Waals surface area contributed by atoms with Crippen LogP contribution in [0.15, 0.2) is 18.2 Å². The number of rotatable bonds is 3. The molecule has 1 aromatic heterocycles. The molecule has 0 spiro atoms. The molecule has 3 rings (SSSR count). The van der Waals surface area contributed by atoms with Crippen molar-refractivity contribution in [2.45, 2.75) is 71.8 Å². The van der Waals surface area contributed by atoms with E-state index >= 15 is 0 Å². The Kier molecular flexibility index (Phi) is 5.75. The molecule has 2 aromatic rings. The highest BCUT2D eigenvalue weighted by Crippen LogP contribution is 2.45. The van der Waals surface area contributed by atoms with Crippen molar-refractivity contribution in [2.24, 2.45) is 5.41 Å². The highest BCUT2D eigenvalue weighted by molar-refractivity contribution is 5.48. The lowest BCUT2D eigenvalue weighted by atomic mass is 9.72. The molecule has 1 heterocycles. The molecule has 164 valence electrons. The minimum absolute atomic E-state index is 0.0119. The van der Waals surface area contributed by atoms with Gasteiger partial charge in [-0.2, -0.15) is 13.2 Å². The van der Waals surface area contributed by atoms with Crippen LogP contribution in [0, 0.1) is 18.2 Å². The Balaban J connectivity index is 2.16. The van der Waals surface area contributed by atoms with Crippen LogP contribution in [0.3, 0.4) is 0 Å². The summed E-state index contributed by atoms with van der Waals surface area (Å²) >= 11 is 0. The van der Waals surface area contributed by atoms with Gasteiger partial charge in [0.05, 0.1) is 11.7 Å². The zero-order valence-corrected chi connectivity index (χ0v) is 17.7. The van der Waals surface area contributed by atoms with Crippen LogP contribution in [0.5, 0.6) is 0 Å². The number of pyridine rings is 1. The molecule has 0 saturated heterocycles. The summed E-state index contributed by atoms with van der Waals surface area (Å²) in [5.74, 6) is -1.52.